The highest BCUT2D eigenvalue weighted by molar-refractivity contribution is 7.85. The van der Waals surface area contributed by atoms with Gasteiger partial charge in [-0.2, -0.15) is 8.42 Å². The van der Waals surface area contributed by atoms with Gasteiger partial charge in [0.05, 0.1) is 0 Å². The maximum atomic E-state index is 10.5. The zero-order chi connectivity index (χ0) is 7.78. The average molecular weight is 161 g/mol. The molecule has 0 amide bonds. The molecule has 4 nitrogen and oxygen atoms in total. The lowest BCUT2D eigenvalue weighted by Gasteiger charge is -1.91. The summed E-state index contributed by atoms with van der Waals surface area (Å²) in [5.74, 6) is 0. The molecular weight excluding hydrogens is 154 g/mol. The van der Waals surface area contributed by atoms with E-state index < -0.39 is 10.1 Å². The van der Waals surface area contributed by atoms with Crippen molar-refractivity contribution in [2.45, 2.75) is 11.8 Å². The molecule has 0 radical (unpaired) electrons. The summed E-state index contributed by atoms with van der Waals surface area (Å²) in [6.45, 7) is 1.57. The van der Waals surface area contributed by atoms with Crippen molar-refractivity contribution >= 4 is 10.1 Å². The molecule has 0 aliphatic rings. The summed E-state index contributed by atoms with van der Waals surface area (Å²) in [6.07, 6.45) is 1.46. The molecular formula is C5H7NO3S. The molecule has 0 saturated carbocycles. The molecule has 0 unspecified atom stereocenters. The van der Waals surface area contributed by atoms with E-state index in [2.05, 4.69) is 4.98 Å². The van der Waals surface area contributed by atoms with Crippen LogP contribution in [0.25, 0.3) is 0 Å². The van der Waals surface area contributed by atoms with Gasteiger partial charge in [-0.1, -0.05) is 0 Å². The summed E-state index contributed by atoms with van der Waals surface area (Å²) < 4.78 is 29.4. The molecule has 0 aliphatic heterocycles. The number of aromatic nitrogens is 1. The van der Waals surface area contributed by atoms with Gasteiger partial charge < -0.3 is 4.98 Å². The Balaban J connectivity index is 3.32. The number of aryl methyl sites for hydroxylation is 1. The zero-order valence-corrected chi connectivity index (χ0v) is 6.14. The Labute approximate surface area is 58.6 Å². The van der Waals surface area contributed by atoms with Crippen molar-refractivity contribution < 1.29 is 13.0 Å². The van der Waals surface area contributed by atoms with Crippen LogP contribution in [0, 0.1) is 6.92 Å². The monoisotopic (exact) mass is 161 g/mol. The summed E-state index contributed by atoms with van der Waals surface area (Å²) in [4.78, 5) is 2.57. The van der Waals surface area contributed by atoms with E-state index in [4.69, 9.17) is 4.55 Å². The third-order valence-corrected chi connectivity index (χ3v) is 2.18. The van der Waals surface area contributed by atoms with Crippen LogP contribution in [0.1, 0.15) is 5.69 Å². The third-order valence-electron chi connectivity index (χ3n) is 1.18. The molecule has 10 heavy (non-hydrogen) atoms. The molecule has 0 bridgehead atoms. The smallest absolute Gasteiger partial charge is 0.296 e. The van der Waals surface area contributed by atoms with Crippen molar-refractivity contribution in [2.75, 3.05) is 0 Å². The van der Waals surface area contributed by atoms with Gasteiger partial charge in [0.1, 0.15) is 4.90 Å². The molecule has 0 saturated heterocycles. The van der Waals surface area contributed by atoms with Crippen LogP contribution in [0.3, 0.4) is 0 Å². The Bertz CT molecular complexity index is 324. The van der Waals surface area contributed by atoms with E-state index in [0.717, 1.165) is 0 Å². The minimum Gasteiger partial charge on any atom is -0.364 e. The Morgan fingerprint density at radius 2 is 2.20 bits per heavy atom. The van der Waals surface area contributed by atoms with Crippen molar-refractivity contribution in [1.29, 1.82) is 0 Å². The van der Waals surface area contributed by atoms with E-state index in [1.807, 2.05) is 0 Å². The van der Waals surface area contributed by atoms with E-state index in [0.29, 0.717) is 5.69 Å². The first-order chi connectivity index (χ1) is 4.52. The van der Waals surface area contributed by atoms with Crippen LogP contribution < -0.4 is 0 Å². The lowest BCUT2D eigenvalue weighted by molar-refractivity contribution is 0.482. The van der Waals surface area contributed by atoms with Crippen LogP contribution in [-0.2, 0) is 10.1 Å². The molecule has 0 fully saturated rings. The van der Waals surface area contributed by atoms with Crippen LogP contribution in [0.5, 0.6) is 0 Å². The summed E-state index contributed by atoms with van der Waals surface area (Å²) in [5.41, 5.74) is 0.447. The van der Waals surface area contributed by atoms with Gasteiger partial charge in [0, 0.05) is 11.9 Å². The number of hydrogen-bond donors (Lipinski definition) is 2. The van der Waals surface area contributed by atoms with Gasteiger partial charge in [-0.15, -0.1) is 0 Å². The second-order valence-electron chi connectivity index (χ2n) is 1.94. The van der Waals surface area contributed by atoms with Gasteiger partial charge in [0.25, 0.3) is 10.1 Å². The van der Waals surface area contributed by atoms with Crippen molar-refractivity contribution in [1.82, 2.24) is 4.98 Å². The third kappa shape index (κ3) is 1.19. The molecule has 0 atom stereocenters. The maximum absolute atomic E-state index is 10.5. The van der Waals surface area contributed by atoms with Crippen LogP contribution in [-0.4, -0.2) is 18.0 Å². The Hall–Kier alpha value is -0.810. The van der Waals surface area contributed by atoms with Crippen molar-refractivity contribution in [2.24, 2.45) is 0 Å². The molecule has 56 valence electrons. The quantitative estimate of drug-likeness (QED) is 0.591. The van der Waals surface area contributed by atoms with Crippen LogP contribution in [0.2, 0.25) is 0 Å². The van der Waals surface area contributed by atoms with Crippen LogP contribution in [0.15, 0.2) is 17.2 Å². The molecule has 5 heteroatoms. The Morgan fingerprint density at radius 1 is 1.60 bits per heavy atom. The minimum absolute atomic E-state index is 0.0625. The summed E-state index contributed by atoms with van der Waals surface area (Å²) in [5, 5.41) is 0. The van der Waals surface area contributed by atoms with E-state index in [-0.39, 0.29) is 4.90 Å². The summed E-state index contributed by atoms with van der Waals surface area (Å²) in [7, 11) is -4.02. The van der Waals surface area contributed by atoms with E-state index >= 15 is 0 Å². The van der Waals surface area contributed by atoms with E-state index in [9.17, 15) is 8.42 Å². The van der Waals surface area contributed by atoms with Gasteiger partial charge in [-0.25, -0.2) is 0 Å². The molecule has 1 rings (SSSR count). The van der Waals surface area contributed by atoms with Crippen LogP contribution in [0.4, 0.5) is 0 Å². The number of hydrogen-bond acceptors (Lipinski definition) is 2. The maximum Gasteiger partial charge on any atom is 0.296 e. The molecule has 0 spiro atoms. The molecule has 2 N–H and O–H groups in total. The average Bonchev–Trinajstić information content (AvgIpc) is 2.11. The highest BCUT2D eigenvalue weighted by Crippen LogP contribution is 2.11. The standard InChI is InChI=1S/C5H7NO3S/c1-4-5(2-3-6-4)10(7,8)9/h2-3,6H,1H3,(H,7,8,9). The predicted octanol–water partition coefficient (Wildman–Crippen LogP) is 0.570. The fourth-order valence-electron chi connectivity index (χ4n) is 0.718. The van der Waals surface area contributed by atoms with E-state index in [1.54, 1.807) is 6.92 Å². The fraction of sp³-hybridized carbons (Fsp3) is 0.200. The lowest BCUT2D eigenvalue weighted by atomic mass is 10.5. The van der Waals surface area contributed by atoms with E-state index in [1.165, 1.54) is 12.3 Å². The molecule has 0 aliphatic carbocycles. The first kappa shape index (κ1) is 7.30. The van der Waals surface area contributed by atoms with Gasteiger partial charge in [0.15, 0.2) is 0 Å². The highest BCUT2D eigenvalue weighted by Gasteiger charge is 2.12. The normalized spacial score (nSPS) is 11.8. The SMILES string of the molecule is Cc1[nH]ccc1S(=O)(=O)O. The first-order valence-corrected chi connectivity index (χ1v) is 4.07. The van der Waals surface area contributed by atoms with Gasteiger partial charge in [0.2, 0.25) is 0 Å². The lowest BCUT2D eigenvalue weighted by Crippen LogP contribution is -1.97. The first-order valence-electron chi connectivity index (χ1n) is 2.63. The molecule has 1 aromatic rings. The molecule has 1 heterocycles. The minimum atomic E-state index is -4.02. The highest BCUT2D eigenvalue weighted by atomic mass is 32.2. The second-order valence-corrected chi connectivity index (χ2v) is 3.33. The predicted molar refractivity (Wildman–Crippen MR) is 35.3 cm³/mol. The molecule has 1 aromatic heterocycles. The number of nitrogens with one attached hydrogen (secondary N) is 1. The topological polar surface area (TPSA) is 70.2 Å². The Kier molecular flexibility index (Phi) is 1.53. The van der Waals surface area contributed by atoms with Gasteiger partial charge in [-0.05, 0) is 13.0 Å². The fourth-order valence-corrected chi connectivity index (χ4v) is 1.40. The number of H-pyrrole nitrogens is 1. The zero-order valence-electron chi connectivity index (χ0n) is 5.33. The summed E-state index contributed by atoms with van der Waals surface area (Å²) in [6, 6.07) is 1.31. The number of aromatic amines is 1. The molecule has 0 aromatic carbocycles. The number of rotatable bonds is 1. The Morgan fingerprint density at radius 3 is 2.40 bits per heavy atom. The van der Waals surface area contributed by atoms with Gasteiger partial charge >= 0.3 is 0 Å². The van der Waals surface area contributed by atoms with Crippen molar-refractivity contribution in [3.8, 4) is 0 Å². The van der Waals surface area contributed by atoms with Gasteiger partial charge in [-0.3, -0.25) is 4.55 Å². The van der Waals surface area contributed by atoms with Crippen molar-refractivity contribution in [3.63, 3.8) is 0 Å². The summed E-state index contributed by atoms with van der Waals surface area (Å²) >= 11 is 0. The largest absolute Gasteiger partial charge is 0.364 e. The second kappa shape index (κ2) is 2.10. The van der Waals surface area contributed by atoms with Crippen molar-refractivity contribution in [3.05, 3.63) is 18.0 Å². The van der Waals surface area contributed by atoms with Crippen LogP contribution >= 0.6 is 0 Å².